The van der Waals surface area contributed by atoms with Gasteiger partial charge in [0.2, 0.25) is 0 Å². The van der Waals surface area contributed by atoms with Gasteiger partial charge in [0.25, 0.3) is 5.91 Å². The van der Waals surface area contributed by atoms with E-state index in [1.807, 2.05) is 0 Å². The van der Waals surface area contributed by atoms with Crippen LogP contribution in [0.5, 0.6) is 11.5 Å². The highest BCUT2D eigenvalue weighted by Crippen LogP contribution is 2.38. The molecule has 1 atom stereocenters. The van der Waals surface area contributed by atoms with Crippen LogP contribution in [0.4, 0.5) is 19.3 Å². The predicted molar refractivity (Wildman–Crippen MR) is 104 cm³/mol. The maximum absolute atomic E-state index is 13.2. The van der Waals surface area contributed by atoms with Crippen LogP contribution in [-0.4, -0.2) is 41.1 Å². The number of hydrogen-bond donors (Lipinski definition) is 2. The van der Waals surface area contributed by atoms with Gasteiger partial charge in [0.05, 0.1) is 23.9 Å². The summed E-state index contributed by atoms with van der Waals surface area (Å²) in [5.41, 5.74) is -1.81. The number of phenols is 1. The van der Waals surface area contributed by atoms with E-state index in [2.05, 4.69) is 10.1 Å². The van der Waals surface area contributed by atoms with Crippen LogP contribution in [0.25, 0.3) is 0 Å². The molecule has 0 spiro atoms. The number of anilines is 1. The molecule has 0 aliphatic carbocycles. The lowest BCUT2D eigenvalue weighted by Gasteiger charge is -2.31. The normalized spacial score (nSPS) is 19.1. The molecule has 0 radical (unpaired) electrons. The molecule has 4 rings (SSSR count). The second-order valence-electron chi connectivity index (χ2n) is 6.83. The van der Waals surface area contributed by atoms with Gasteiger partial charge < -0.3 is 20.1 Å². The molecular formula is C20H16ClF2N3O4. The van der Waals surface area contributed by atoms with Gasteiger partial charge in [0, 0.05) is 24.3 Å². The zero-order valence-electron chi connectivity index (χ0n) is 15.6. The van der Waals surface area contributed by atoms with Crippen LogP contribution in [0.1, 0.15) is 11.6 Å². The molecule has 0 unspecified atom stereocenters. The topological polar surface area (TPSA) is 82.1 Å². The van der Waals surface area contributed by atoms with Crippen molar-refractivity contribution in [3.63, 3.8) is 0 Å². The van der Waals surface area contributed by atoms with E-state index in [1.165, 1.54) is 46.2 Å². The van der Waals surface area contributed by atoms with Gasteiger partial charge in [0.15, 0.2) is 0 Å². The fourth-order valence-electron chi connectivity index (χ4n) is 3.52. The number of halogens is 3. The van der Waals surface area contributed by atoms with E-state index in [0.717, 1.165) is 0 Å². The molecule has 0 saturated heterocycles. The van der Waals surface area contributed by atoms with Crippen LogP contribution in [0.2, 0.25) is 0 Å². The predicted octanol–water partition coefficient (Wildman–Crippen LogP) is 3.56. The van der Waals surface area contributed by atoms with Gasteiger partial charge in [-0.1, -0.05) is 12.1 Å². The smallest absolute Gasteiger partial charge is 0.487 e. The van der Waals surface area contributed by atoms with Gasteiger partial charge in [-0.05, 0) is 42.0 Å². The lowest BCUT2D eigenvalue weighted by molar-refractivity contribution is -0.114. The van der Waals surface area contributed by atoms with Gasteiger partial charge >= 0.3 is 11.6 Å². The fraction of sp³-hybridized carbons (Fsp3) is 0.200. The number of phenolic OH excluding ortho intramolecular Hbond substituents is 1. The van der Waals surface area contributed by atoms with E-state index in [1.54, 1.807) is 19.2 Å². The molecule has 0 saturated carbocycles. The summed E-state index contributed by atoms with van der Waals surface area (Å²) in [5.74, 6) is -0.415. The Morgan fingerprint density at radius 1 is 1.13 bits per heavy atom. The first-order valence-electron chi connectivity index (χ1n) is 8.88. The SMILES string of the molecule is CN1C(=O)N[C@@H](c2ccc(O)cc2)C2=C1CN(c1ccc(OC(F)(F)Cl)cc1)C2=O. The van der Waals surface area contributed by atoms with Crippen molar-refractivity contribution in [1.29, 1.82) is 0 Å². The van der Waals surface area contributed by atoms with Crippen LogP contribution in [0.15, 0.2) is 59.8 Å². The minimum absolute atomic E-state index is 0.0661. The Morgan fingerprint density at radius 2 is 1.77 bits per heavy atom. The summed E-state index contributed by atoms with van der Waals surface area (Å²) in [6, 6.07) is 10.6. The zero-order valence-corrected chi connectivity index (χ0v) is 16.4. The summed E-state index contributed by atoms with van der Waals surface area (Å²) in [6.07, 6.45) is 0. The first kappa shape index (κ1) is 20.0. The molecule has 2 aromatic carbocycles. The van der Waals surface area contributed by atoms with Crippen LogP contribution in [-0.2, 0) is 4.79 Å². The van der Waals surface area contributed by atoms with E-state index < -0.39 is 11.6 Å². The van der Waals surface area contributed by atoms with E-state index in [4.69, 9.17) is 11.6 Å². The molecule has 2 aliphatic heterocycles. The second-order valence-corrected chi connectivity index (χ2v) is 7.27. The highest BCUT2D eigenvalue weighted by atomic mass is 35.5. The fourth-order valence-corrected chi connectivity index (χ4v) is 3.61. The van der Waals surface area contributed by atoms with Crippen molar-refractivity contribution in [1.82, 2.24) is 10.2 Å². The number of urea groups is 1. The van der Waals surface area contributed by atoms with E-state index in [0.29, 0.717) is 22.5 Å². The van der Waals surface area contributed by atoms with Crippen LogP contribution in [0, 0.1) is 0 Å². The number of nitrogens with one attached hydrogen (secondary N) is 1. The number of alkyl halides is 3. The Bertz CT molecular complexity index is 1040. The number of aromatic hydroxyl groups is 1. The summed E-state index contributed by atoms with van der Waals surface area (Å²) >= 11 is 4.77. The lowest BCUT2D eigenvalue weighted by Crippen LogP contribution is -2.45. The minimum Gasteiger partial charge on any atom is -0.508 e. The van der Waals surface area contributed by atoms with Crippen molar-refractivity contribution < 1.29 is 28.2 Å². The number of carbonyl (C=O) groups is 2. The molecule has 2 aliphatic rings. The number of carbonyl (C=O) groups excluding carboxylic acids is 2. The lowest BCUT2D eigenvalue weighted by atomic mass is 9.95. The summed E-state index contributed by atoms with van der Waals surface area (Å²) in [5, 5.41) is 12.3. The highest BCUT2D eigenvalue weighted by Gasteiger charge is 2.43. The van der Waals surface area contributed by atoms with Gasteiger partial charge in [0.1, 0.15) is 11.5 Å². The summed E-state index contributed by atoms with van der Waals surface area (Å²) in [6.45, 7) is 0.137. The molecule has 156 valence electrons. The van der Waals surface area contributed by atoms with Crippen molar-refractivity contribution in [3.8, 4) is 11.5 Å². The standard InChI is InChI=1S/C20H16ClF2N3O4/c1-25-15-10-26(12-4-8-14(9-5-12)30-20(21,22)23)18(28)16(15)17(24-19(25)29)11-2-6-13(27)7-3-11/h2-9,17,27H,10H2,1H3,(H,24,29)/t17-/m0/s1. The van der Waals surface area contributed by atoms with E-state index in [-0.39, 0.29) is 30.0 Å². The largest absolute Gasteiger partial charge is 0.508 e. The molecule has 2 heterocycles. The van der Waals surface area contributed by atoms with Gasteiger partial charge in [-0.3, -0.25) is 9.69 Å². The maximum atomic E-state index is 13.2. The number of nitrogens with zero attached hydrogens (tertiary/aromatic N) is 2. The number of hydrogen-bond acceptors (Lipinski definition) is 4. The maximum Gasteiger partial charge on any atom is 0.487 e. The average Bonchev–Trinajstić information content (AvgIpc) is 3.02. The Hall–Kier alpha value is -3.33. The molecule has 0 aromatic heterocycles. The molecule has 10 heteroatoms. The molecule has 2 N–H and O–H groups in total. The van der Waals surface area contributed by atoms with Crippen molar-refractivity contribution in [3.05, 3.63) is 65.4 Å². The van der Waals surface area contributed by atoms with Crippen LogP contribution < -0.4 is 15.0 Å². The minimum atomic E-state index is -3.84. The van der Waals surface area contributed by atoms with Crippen molar-refractivity contribution in [2.24, 2.45) is 0 Å². The monoisotopic (exact) mass is 435 g/mol. The number of rotatable bonds is 4. The first-order valence-corrected chi connectivity index (χ1v) is 9.26. The third-order valence-corrected chi connectivity index (χ3v) is 5.05. The summed E-state index contributed by atoms with van der Waals surface area (Å²) in [4.78, 5) is 28.5. The van der Waals surface area contributed by atoms with Gasteiger partial charge in [-0.2, -0.15) is 0 Å². The molecule has 7 nitrogen and oxygen atoms in total. The van der Waals surface area contributed by atoms with Crippen molar-refractivity contribution in [2.45, 2.75) is 11.6 Å². The highest BCUT2D eigenvalue weighted by molar-refractivity contribution is 6.20. The molecule has 0 fully saturated rings. The number of ether oxygens (including phenoxy) is 1. The van der Waals surface area contributed by atoms with Crippen molar-refractivity contribution >= 4 is 29.2 Å². The Labute approximate surface area is 175 Å². The molecular weight excluding hydrogens is 420 g/mol. The van der Waals surface area contributed by atoms with Crippen LogP contribution in [0.3, 0.4) is 0 Å². The number of likely N-dealkylation sites (N-methyl/N-ethyl adjacent to an activating group) is 1. The third-order valence-electron chi connectivity index (χ3n) is 4.97. The Balaban J connectivity index is 1.64. The van der Waals surface area contributed by atoms with Gasteiger partial charge in [-0.15, -0.1) is 8.78 Å². The Kier molecular flexibility index (Phi) is 4.77. The summed E-state index contributed by atoms with van der Waals surface area (Å²) in [7, 11) is 1.56. The van der Waals surface area contributed by atoms with Crippen LogP contribution >= 0.6 is 11.6 Å². The summed E-state index contributed by atoms with van der Waals surface area (Å²) < 4.78 is 29.9. The first-order chi connectivity index (χ1) is 14.1. The molecule has 3 amide bonds. The second kappa shape index (κ2) is 7.17. The van der Waals surface area contributed by atoms with Crippen molar-refractivity contribution in [2.75, 3.05) is 18.5 Å². The molecule has 30 heavy (non-hydrogen) atoms. The zero-order chi connectivity index (χ0) is 21.6. The molecule has 0 bridgehead atoms. The van der Waals surface area contributed by atoms with Gasteiger partial charge in [-0.25, -0.2) is 4.79 Å². The quantitative estimate of drug-likeness (QED) is 0.719. The van der Waals surface area contributed by atoms with E-state index in [9.17, 15) is 23.5 Å². The molecule has 2 aromatic rings. The number of benzene rings is 2. The Morgan fingerprint density at radius 3 is 2.37 bits per heavy atom. The number of amides is 3. The van der Waals surface area contributed by atoms with E-state index >= 15 is 0 Å². The average molecular weight is 436 g/mol. The third kappa shape index (κ3) is 3.63.